The van der Waals surface area contributed by atoms with Gasteiger partial charge in [-0.2, -0.15) is 0 Å². The maximum absolute atomic E-state index is 12.4. The van der Waals surface area contributed by atoms with Gasteiger partial charge in [0.05, 0.1) is 11.7 Å². The summed E-state index contributed by atoms with van der Waals surface area (Å²) in [6, 6.07) is 2.96. The van der Waals surface area contributed by atoms with Crippen LogP contribution in [0.2, 0.25) is 0 Å². The van der Waals surface area contributed by atoms with Gasteiger partial charge >= 0.3 is 0 Å². The number of carbonyl (C=O) groups is 1. The second-order valence-corrected chi connectivity index (χ2v) is 5.07. The number of alkyl halides is 2. The molecule has 1 saturated heterocycles. The van der Waals surface area contributed by atoms with E-state index in [-0.39, 0.29) is 17.9 Å². The van der Waals surface area contributed by atoms with E-state index in [0.717, 1.165) is 19.4 Å². The second-order valence-electron chi connectivity index (χ2n) is 5.07. The smallest absolute Gasteiger partial charge is 0.272 e. The first-order chi connectivity index (χ1) is 10.6. The molecule has 0 aliphatic carbocycles. The second kappa shape index (κ2) is 8.03. The van der Waals surface area contributed by atoms with Crippen molar-refractivity contribution in [3.8, 4) is 5.88 Å². The molecule has 0 bridgehead atoms. The number of likely N-dealkylation sites (N-methyl/N-ethyl adjacent to an activating group) is 1. The summed E-state index contributed by atoms with van der Waals surface area (Å²) in [5.41, 5.74) is 0.407. The average Bonchev–Trinajstić information content (AvgIpc) is 3.03. The van der Waals surface area contributed by atoms with E-state index in [2.05, 4.69) is 4.98 Å². The Kier molecular flexibility index (Phi) is 6.06. The van der Waals surface area contributed by atoms with E-state index >= 15 is 0 Å². The van der Waals surface area contributed by atoms with E-state index in [1.54, 1.807) is 4.90 Å². The van der Waals surface area contributed by atoms with E-state index in [9.17, 15) is 13.6 Å². The van der Waals surface area contributed by atoms with E-state index < -0.39 is 13.0 Å². The zero-order valence-electron chi connectivity index (χ0n) is 12.5. The third-order valence-corrected chi connectivity index (χ3v) is 3.46. The Morgan fingerprint density at radius 2 is 2.36 bits per heavy atom. The molecule has 5 nitrogen and oxygen atoms in total. The summed E-state index contributed by atoms with van der Waals surface area (Å²) in [6.07, 6.45) is 0.869. The van der Waals surface area contributed by atoms with Gasteiger partial charge in [0.25, 0.3) is 12.3 Å². The summed E-state index contributed by atoms with van der Waals surface area (Å²) >= 11 is 0. The lowest BCUT2D eigenvalue weighted by atomic mass is 10.2. The van der Waals surface area contributed by atoms with Crippen LogP contribution in [-0.2, 0) is 4.74 Å². The Bertz CT molecular complexity index is 476. The fourth-order valence-electron chi connectivity index (χ4n) is 2.31. The lowest BCUT2D eigenvalue weighted by Crippen LogP contribution is -2.37. The Morgan fingerprint density at radius 1 is 1.55 bits per heavy atom. The highest BCUT2D eigenvalue weighted by Crippen LogP contribution is 2.16. The van der Waals surface area contributed by atoms with E-state index in [1.165, 1.54) is 18.3 Å². The maximum atomic E-state index is 12.4. The number of pyridine rings is 1. The molecule has 1 aromatic heterocycles. The van der Waals surface area contributed by atoms with Crippen LogP contribution < -0.4 is 4.74 Å². The summed E-state index contributed by atoms with van der Waals surface area (Å²) < 4.78 is 34.4. The van der Waals surface area contributed by atoms with Crippen LogP contribution in [0.1, 0.15) is 30.1 Å². The van der Waals surface area contributed by atoms with Crippen LogP contribution in [0.15, 0.2) is 18.3 Å². The SMILES string of the molecule is CCN(CC1CCCO1)C(=O)c1ccc(OCC(F)F)nc1. The molecule has 1 atom stereocenters. The fourth-order valence-corrected chi connectivity index (χ4v) is 2.31. The van der Waals surface area contributed by atoms with Gasteiger partial charge < -0.3 is 14.4 Å². The highest BCUT2D eigenvalue weighted by Gasteiger charge is 2.22. The molecule has 0 N–H and O–H groups in total. The molecule has 2 rings (SSSR count). The molecule has 1 aliphatic heterocycles. The van der Waals surface area contributed by atoms with Crippen molar-refractivity contribution in [2.75, 3.05) is 26.3 Å². The first kappa shape index (κ1) is 16.6. The summed E-state index contributed by atoms with van der Waals surface area (Å²) in [6.45, 7) is 3.07. The molecule has 0 aromatic carbocycles. The summed E-state index contributed by atoms with van der Waals surface area (Å²) in [7, 11) is 0. The molecular weight excluding hydrogens is 294 g/mol. The minimum atomic E-state index is -2.55. The predicted molar refractivity (Wildman–Crippen MR) is 76.3 cm³/mol. The number of halogens is 2. The van der Waals surface area contributed by atoms with Crippen molar-refractivity contribution >= 4 is 5.91 Å². The molecule has 1 aliphatic rings. The van der Waals surface area contributed by atoms with Gasteiger partial charge in [-0.15, -0.1) is 0 Å². The monoisotopic (exact) mass is 314 g/mol. The van der Waals surface area contributed by atoms with Crippen LogP contribution in [0.5, 0.6) is 5.88 Å². The molecular formula is C15H20F2N2O3. The zero-order valence-corrected chi connectivity index (χ0v) is 12.5. The van der Waals surface area contributed by atoms with Gasteiger partial charge in [0.15, 0.2) is 6.61 Å². The lowest BCUT2D eigenvalue weighted by molar-refractivity contribution is 0.0538. The van der Waals surface area contributed by atoms with Gasteiger partial charge in [0.2, 0.25) is 5.88 Å². The number of aromatic nitrogens is 1. The van der Waals surface area contributed by atoms with Crippen LogP contribution in [0.25, 0.3) is 0 Å². The number of rotatable bonds is 7. The van der Waals surface area contributed by atoms with Crippen molar-refractivity contribution in [1.82, 2.24) is 9.88 Å². The van der Waals surface area contributed by atoms with Crippen molar-refractivity contribution in [3.63, 3.8) is 0 Å². The van der Waals surface area contributed by atoms with Gasteiger partial charge in [-0.3, -0.25) is 4.79 Å². The van der Waals surface area contributed by atoms with E-state index in [4.69, 9.17) is 9.47 Å². The first-order valence-electron chi connectivity index (χ1n) is 7.38. The van der Waals surface area contributed by atoms with Crippen molar-refractivity contribution in [1.29, 1.82) is 0 Å². The van der Waals surface area contributed by atoms with Crippen LogP contribution in [0, 0.1) is 0 Å². The quantitative estimate of drug-likeness (QED) is 0.775. The molecule has 1 unspecified atom stereocenters. The Labute approximate surface area is 128 Å². The van der Waals surface area contributed by atoms with Crippen molar-refractivity contribution in [2.24, 2.45) is 0 Å². The minimum Gasteiger partial charge on any atom is -0.472 e. The molecule has 1 amide bonds. The number of hydrogen-bond acceptors (Lipinski definition) is 4. The fraction of sp³-hybridized carbons (Fsp3) is 0.600. The maximum Gasteiger partial charge on any atom is 0.272 e. The summed E-state index contributed by atoms with van der Waals surface area (Å²) in [4.78, 5) is 18.0. The van der Waals surface area contributed by atoms with Gasteiger partial charge in [-0.25, -0.2) is 13.8 Å². The van der Waals surface area contributed by atoms with Gasteiger partial charge in [-0.05, 0) is 25.8 Å². The molecule has 1 fully saturated rings. The molecule has 1 aromatic rings. The Morgan fingerprint density at radius 3 is 2.91 bits per heavy atom. The van der Waals surface area contributed by atoms with Crippen molar-refractivity contribution in [2.45, 2.75) is 32.3 Å². The van der Waals surface area contributed by atoms with Crippen molar-refractivity contribution < 1.29 is 23.0 Å². The molecule has 22 heavy (non-hydrogen) atoms. The molecule has 0 radical (unpaired) electrons. The average molecular weight is 314 g/mol. The standard InChI is InChI=1S/C15H20F2N2O3/c1-2-19(9-12-4-3-7-21-12)15(20)11-5-6-14(18-8-11)22-10-13(16)17/h5-6,8,12-13H,2-4,7,9-10H2,1H3. The van der Waals surface area contributed by atoms with E-state index in [0.29, 0.717) is 18.7 Å². The van der Waals surface area contributed by atoms with Gasteiger partial charge in [-0.1, -0.05) is 0 Å². The van der Waals surface area contributed by atoms with Gasteiger partial charge in [0.1, 0.15) is 0 Å². The third kappa shape index (κ3) is 4.62. The molecule has 122 valence electrons. The predicted octanol–water partition coefficient (Wildman–Crippen LogP) is 2.37. The number of carbonyl (C=O) groups excluding carboxylic acids is 1. The van der Waals surface area contributed by atoms with E-state index in [1.807, 2.05) is 6.92 Å². The number of nitrogens with zero attached hydrogens (tertiary/aromatic N) is 2. The number of ether oxygens (including phenoxy) is 2. The van der Waals surface area contributed by atoms with Crippen LogP contribution >= 0.6 is 0 Å². The van der Waals surface area contributed by atoms with Crippen LogP contribution in [-0.4, -0.2) is 54.6 Å². The third-order valence-electron chi connectivity index (χ3n) is 3.46. The molecule has 7 heteroatoms. The highest BCUT2D eigenvalue weighted by atomic mass is 19.3. The molecule has 0 spiro atoms. The summed E-state index contributed by atoms with van der Waals surface area (Å²) in [5, 5.41) is 0. The Hall–Kier alpha value is -1.76. The lowest BCUT2D eigenvalue weighted by Gasteiger charge is -2.24. The Balaban J connectivity index is 1.94. The first-order valence-corrected chi connectivity index (χ1v) is 7.38. The molecule has 2 heterocycles. The van der Waals surface area contributed by atoms with Crippen molar-refractivity contribution in [3.05, 3.63) is 23.9 Å². The number of amides is 1. The van der Waals surface area contributed by atoms with Crippen LogP contribution in [0.4, 0.5) is 8.78 Å². The van der Waals surface area contributed by atoms with Gasteiger partial charge in [0, 0.05) is 32.0 Å². The minimum absolute atomic E-state index is 0.0824. The number of hydrogen-bond donors (Lipinski definition) is 0. The summed E-state index contributed by atoms with van der Waals surface area (Å²) in [5.74, 6) is -0.0649. The largest absolute Gasteiger partial charge is 0.472 e. The highest BCUT2D eigenvalue weighted by molar-refractivity contribution is 5.94. The topological polar surface area (TPSA) is 51.7 Å². The molecule has 0 saturated carbocycles. The zero-order chi connectivity index (χ0) is 15.9. The van der Waals surface area contributed by atoms with Crippen LogP contribution in [0.3, 0.4) is 0 Å². The normalized spacial score (nSPS) is 17.7.